The van der Waals surface area contributed by atoms with Gasteiger partial charge in [-0.1, -0.05) is 97.1 Å². The number of carbonyl (C=O) groups is 1. The number of pyridine rings is 1. The highest BCUT2D eigenvalue weighted by Gasteiger charge is 2.47. The van der Waals surface area contributed by atoms with Gasteiger partial charge in [0.2, 0.25) is 12.3 Å². The highest BCUT2D eigenvalue weighted by atomic mass is 19.4. The van der Waals surface area contributed by atoms with Crippen LogP contribution in [-0.2, 0) is 56.0 Å². The summed E-state index contributed by atoms with van der Waals surface area (Å²) in [5.41, 5.74) is -29.0. The largest absolute Gasteiger partial charge is 0.416 e. The number of nitrogens with zero attached hydrogens (tertiary/aromatic N) is 2. The molecule has 0 amide bonds. The molecule has 0 aliphatic carbocycles. The molecule has 7 rings (SSSR count). The van der Waals surface area contributed by atoms with E-state index >= 15 is 0 Å². The Bertz CT molecular complexity index is 2970. The molecule has 0 aliphatic heterocycles. The number of alkyl halides is 24. The van der Waals surface area contributed by atoms with Gasteiger partial charge < -0.3 is 0 Å². The van der Waals surface area contributed by atoms with Gasteiger partial charge in [0.05, 0.1) is 49.9 Å². The van der Waals surface area contributed by atoms with Crippen molar-refractivity contribution < 1.29 is 115 Å². The number of ketones is 1. The molecular formula is C50H25BF24N2O. The van der Waals surface area contributed by atoms with Gasteiger partial charge in [-0.3, -0.25) is 4.79 Å². The number of hydrogen-bond acceptors (Lipinski definition) is 2. The van der Waals surface area contributed by atoms with Crippen molar-refractivity contribution >= 4 is 44.6 Å². The Morgan fingerprint density at radius 3 is 0.923 bits per heavy atom. The van der Waals surface area contributed by atoms with Crippen LogP contribution >= 0.6 is 0 Å². The smallest absolute Gasteiger partial charge is 0.287 e. The van der Waals surface area contributed by atoms with E-state index < -0.39 is 195 Å². The number of benzene rings is 6. The van der Waals surface area contributed by atoms with Crippen LogP contribution < -0.4 is 26.4 Å². The van der Waals surface area contributed by atoms with Crippen molar-refractivity contribution in [3.05, 3.63) is 195 Å². The molecule has 0 saturated heterocycles. The summed E-state index contributed by atoms with van der Waals surface area (Å²) in [7, 11) is 0. The van der Waals surface area contributed by atoms with E-state index in [1.165, 1.54) is 0 Å². The Labute approximate surface area is 421 Å². The van der Waals surface area contributed by atoms with E-state index in [0.717, 1.165) is 10.8 Å². The third kappa shape index (κ3) is 13.0. The Morgan fingerprint density at radius 1 is 0.385 bits per heavy atom. The second-order valence-electron chi connectivity index (χ2n) is 17.0. The van der Waals surface area contributed by atoms with Crippen LogP contribution in [0.25, 0.3) is 10.8 Å². The topological polar surface area (TPSA) is 44.7 Å². The fourth-order valence-corrected chi connectivity index (χ4v) is 8.45. The summed E-state index contributed by atoms with van der Waals surface area (Å²) in [4.78, 5) is 12.3. The number of rotatable bonds is 7. The standard InChI is InChI=1S/C32H12BF24.C18H13N2O/c34-25(35,36)13-1-14(26(37,38)39)6-21(5-13)33(22-7-15(27(40,41)42)2-16(8-22)28(43,44)45,23-9-17(29(46,47)48)3-18(10-23)30(49,50)51)24-11-19(31(52,53)54)4-20(12-24)32(55,56)57;19-12-17-16-9-5-4-6-14(16)10-11-20(17)13-18(21)15-7-2-1-3-8-15/h1-12H;1-11H,13H2/q-1;+1. The molecule has 0 fully saturated rings. The molecule has 0 saturated carbocycles. The van der Waals surface area contributed by atoms with Crippen LogP contribution in [0, 0.1) is 11.3 Å². The van der Waals surface area contributed by atoms with Crippen molar-refractivity contribution in [1.82, 2.24) is 0 Å². The molecule has 6 aromatic carbocycles. The van der Waals surface area contributed by atoms with Crippen molar-refractivity contribution in [3.8, 4) is 6.07 Å². The molecule has 412 valence electrons. The minimum atomic E-state index is -6.13. The molecule has 0 radical (unpaired) electrons. The second kappa shape index (κ2) is 20.6. The highest BCUT2D eigenvalue weighted by Crippen LogP contribution is 2.41. The van der Waals surface area contributed by atoms with Gasteiger partial charge in [0.25, 0.3) is 5.69 Å². The van der Waals surface area contributed by atoms with Gasteiger partial charge in [0, 0.05) is 11.6 Å². The molecule has 1 aromatic heterocycles. The van der Waals surface area contributed by atoms with E-state index in [9.17, 15) is 115 Å². The molecule has 0 aliphatic rings. The second-order valence-corrected chi connectivity index (χ2v) is 17.0. The number of fused-ring (bicyclic) bond motifs is 1. The number of nitriles is 1. The Kier molecular flexibility index (Phi) is 15.7. The van der Waals surface area contributed by atoms with Crippen LogP contribution in [-0.4, -0.2) is 11.9 Å². The predicted molar refractivity (Wildman–Crippen MR) is 230 cm³/mol. The predicted octanol–water partition coefficient (Wildman–Crippen LogP) is 14.1. The Morgan fingerprint density at radius 2 is 0.654 bits per heavy atom. The summed E-state index contributed by atoms with van der Waals surface area (Å²) < 4.78 is 343. The van der Waals surface area contributed by atoms with E-state index in [4.69, 9.17) is 0 Å². The van der Waals surface area contributed by atoms with E-state index in [-0.39, 0.29) is 12.3 Å². The summed E-state index contributed by atoms with van der Waals surface area (Å²) in [6.07, 6.45) is -53.0. The van der Waals surface area contributed by atoms with Crippen LogP contribution in [0.5, 0.6) is 0 Å². The SMILES string of the molecule is FC(F)(F)c1cc([B-](c2cc(C(F)(F)F)cc(C(F)(F)F)c2)(c2cc(C(F)(F)F)cc(C(F)(F)F)c2)c2cc(C(F)(F)F)cc(C(F)(F)F)c2)cc(C(F)(F)F)c1.N#Cc1c2ccccc2cc[n+]1CC(=O)c1ccccc1. The van der Waals surface area contributed by atoms with E-state index in [1.807, 2.05) is 48.5 Å². The van der Waals surface area contributed by atoms with Crippen LogP contribution in [0.2, 0.25) is 0 Å². The third-order valence-corrected chi connectivity index (χ3v) is 11.9. The van der Waals surface area contributed by atoms with E-state index in [2.05, 4.69) is 6.07 Å². The molecule has 0 atom stereocenters. The minimum Gasteiger partial charge on any atom is -0.287 e. The maximum Gasteiger partial charge on any atom is 0.416 e. The van der Waals surface area contributed by atoms with Crippen molar-refractivity contribution in [2.45, 2.75) is 56.0 Å². The average Bonchev–Trinajstić information content (AvgIpc) is 3.32. The van der Waals surface area contributed by atoms with Crippen molar-refractivity contribution in [2.75, 3.05) is 0 Å². The molecule has 3 nitrogen and oxygen atoms in total. The first-order valence-electron chi connectivity index (χ1n) is 21.3. The van der Waals surface area contributed by atoms with Crippen LogP contribution in [0.15, 0.2) is 140 Å². The fourth-order valence-electron chi connectivity index (χ4n) is 8.45. The lowest BCUT2D eigenvalue weighted by atomic mass is 9.12. The van der Waals surface area contributed by atoms with Gasteiger partial charge in [-0.2, -0.15) is 137 Å². The van der Waals surface area contributed by atoms with Crippen LogP contribution in [0.3, 0.4) is 0 Å². The molecule has 1 heterocycles. The number of Topliss-reactive ketones (excluding diaryl/α,β-unsaturated/α-hetero) is 1. The zero-order valence-corrected chi connectivity index (χ0v) is 37.9. The molecule has 7 aromatic rings. The highest BCUT2D eigenvalue weighted by molar-refractivity contribution is 7.20. The van der Waals surface area contributed by atoms with Crippen molar-refractivity contribution in [3.63, 3.8) is 0 Å². The first kappa shape index (κ1) is 59.5. The lowest BCUT2D eigenvalue weighted by Gasteiger charge is -2.46. The molecule has 78 heavy (non-hydrogen) atoms. The molecule has 28 heteroatoms. The molecule has 0 spiro atoms. The average molecular weight is 1140 g/mol. The summed E-state index contributed by atoms with van der Waals surface area (Å²) >= 11 is 0. The Balaban J connectivity index is 0.000000387. The molecule has 0 bridgehead atoms. The summed E-state index contributed by atoms with van der Waals surface area (Å²) in [6, 6.07) is 12.1. The minimum absolute atomic E-state index is 0.00705. The lowest BCUT2D eigenvalue weighted by Crippen LogP contribution is -2.75. The van der Waals surface area contributed by atoms with Gasteiger partial charge in [0.15, 0.2) is 12.3 Å². The molecule has 0 unspecified atom stereocenters. The van der Waals surface area contributed by atoms with Gasteiger partial charge in [-0.05, 0) is 35.7 Å². The van der Waals surface area contributed by atoms with E-state index in [1.54, 1.807) is 22.9 Å². The van der Waals surface area contributed by atoms with Gasteiger partial charge in [-0.25, -0.2) is 0 Å². The normalized spacial score (nSPS) is 13.2. The zero-order valence-electron chi connectivity index (χ0n) is 37.9. The lowest BCUT2D eigenvalue weighted by molar-refractivity contribution is -0.684. The van der Waals surface area contributed by atoms with Crippen molar-refractivity contribution in [2.24, 2.45) is 0 Å². The maximum absolute atomic E-state index is 14.2. The number of hydrogen-bond donors (Lipinski definition) is 0. The number of aromatic nitrogens is 1. The fraction of sp³-hybridized carbons (Fsp3) is 0.180. The summed E-state index contributed by atoms with van der Waals surface area (Å²) in [5, 5.41) is 11.3. The third-order valence-electron chi connectivity index (χ3n) is 11.9. The Hall–Kier alpha value is -7.73. The summed E-state index contributed by atoms with van der Waals surface area (Å²) in [6.45, 7) is 0.164. The van der Waals surface area contributed by atoms with Gasteiger partial charge >= 0.3 is 49.4 Å². The monoisotopic (exact) mass is 1140 g/mol. The zero-order chi connectivity index (χ0) is 58.6. The molecule has 0 N–H and O–H groups in total. The van der Waals surface area contributed by atoms with Gasteiger partial charge in [-0.15, -0.1) is 0 Å². The summed E-state index contributed by atoms with van der Waals surface area (Å²) in [5.74, 6) is -0.00705. The van der Waals surface area contributed by atoms with E-state index in [0.29, 0.717) is 11.3 Å². The first-order chi connectivity index (χ1) is 35.6. The maximum atomic E-state index is 14.2. The quantitative estimate of drug-likeness (QED) is 0.0691. The number of halogens is 24. The first-order valence-corrected chi connectivity index (χ1v) is 21.3. The van der Waals surface area contributed by atoms with Crippen LogP contribution in [0.4, 0.5) is 105 Å². The van der Waals surface area contributed by atoms with Crippen molar-refractivity contribution in [1.29, 1.82) is 5.26 Å². The van der Waals surface area contributed by atoms with Gasteiger partial charge in [0.1, 0.15) is 6.15 Å². The van der Waals surface area contributed by atoms with Crippen LogP contribution in [0.1, 0.15) is 60.6 Å². The molecular weight excluding hydrogens is 1110 g/mol. The number of carbonyl (C=O) groups excluding carboxylic acids is 1.